The molecule has 0 saturated heterocycles. The summed E-state index contributed by atoms with van der Waals surface area (Å²) in [4.78, 5) is 20.4. The molecule has 0 aliphatic heterocycles. The number of nitrogens with zero attached hydrogens (tertiary/aromatic N) is 6. The molecule has 9 heteroatoms. The average Bonchev–Trinajstić information content (AvgIpc) is 3.14. The van der Waals surface area contributed by atoms with Crippen molar-refractivity contribution in [1.29, 1.82) is 5.26 Å². The van der Waals surface area contributed by atoms with Gasteiger partial charge in [0.25, 0.3) is 5.91 Å². The number of hydrogen-bond donors (Lipinski definition) is 1. The van der Waals surface area contributed by atoms with Crippen molar-refractivity contribution in [1.82, 2.24) is 30.0 Å². The molecule has 0 unspecified atom stereocenters. The number of benzene rings is 1. The predicted molar refractivity (Wildman–Crippen MR) is 93.9 cm³/mol. The van der Waals surface area contributed by atoms with Gasteiger partial charge in [-0.15, -0.1) is 10.2 Å². The van der Waals surface area contributed by atoms with E-state index in [2.05, 4.69) is 25.5 Å². The Morgan fingerprint density at radius 1 is 1.30 bits per heavy atom. The van der Waals surface area contributed by atoms with E-state index in [0.717, 1.165) is 18.4 Å². The molecular formula is C18H16FN7O. The summed E-state index contributed by atoms with van der Waals surface area (Å²) in [7, 11) is 0. The second kappa shape index (κ2) is 8.14. The van der Waals surface area contributed by atoms with Gasteiger partial charge in [0.2, 0.25) is 0 Å². The van der Waals surface area contributed by atoms with Crippen LogP contribution in [0.15, 0.2) is 36.9 Å². The van der Waals surface area contributed by atoms with Crippen molar-refractivity contribution in [3.8, 4) is 17.3 Å². The number of nitriles is 1. The maximum atomic E-state index is 14.0. The third-order valence-corrected chi connectivity index (χ3v) is 3.91. The Kier molecular flexibility index (Phi) is 5.47. The van der Waals surface area contributed by atoms with Crippen LogP contribution in [0.3, 0.4) is 0 Å². The Bertz CT molecular complexity index is 1010. The highest BCUT2D eigenvalue weighted by Gasteiger charge is 2.14. The molecule has 1 N–H and O–H groups in total. The number of aryl methyl sites for hydroxylation is 1. The molecule has 0 atom stereocenters. The first kappa shape index (κ1) is 18.1. The van der Waals surface area contributed by atoms with E-state index >= 15 is 0 Å². The smallest absolute Gasteiger partial charge is 0.251 e. The zero-order chi connectivity index (χ0) is 19.2. The van der Waals surface area contributed by atoms with Gasteiger partial charge in [-0.3, -0.25) is 9.78 Å². The topological polar surface area (TPSA) is 109 Å². The summed E-state index contributed by atoms with van der Waals surface area (Å²) >= 11 is 0. The number of carbonyl (C=O) groups excluding carboxylic acids is 1. The number of carbonyl (C=O) groups is 1. The summed E-state index contributed by atoms with van der Waals surface area (Å²) < 4.78 is 15.9. The molecular weight excluding hydrogens is 349 g/mol. The highest BCUT2D eigenvalue weighted by molar-refractivity contribution is 5.95. The van der Waals surface area contributed by atoms with Crippen LogP contribution in [0.5, 0.6) is 0 Å². The molecule has 0 saturated carbocycles. The Hall–Kier alpha value is -3.67. The second-order valence-corrected chi connectivity index (χ2v) is 5.63. The Balaban J connectivity index is 1.76. The minimum absolute atomic E-state index is 0.0633. The summed E-state index contributed by atoms with van der Waals surface area (Å²) in [5.41, 5.74) is 0.741. The lowest BCUT2D eigenvalue weighted by molar-refractivity contribution is 0.0953. The molecule has 0 fully saturated rings. The maximum absolute atomic E-state index is 14.0. The first-order valence-electron chi connectivity index (χ1n) is 8.29. The molecule has 27 heavy (non-hydrogen) atoms. The van der Waals surface area contributed by atoms with Gasteiger partial charge in [-0.2, -0.15) is 5.26 Å². The van der Waals surface area contributed by atoms with Gasteiger partial charge in [-0.25, -0.2) is 9.37 Å². The second-order valence-electron chi connectivity index (χ2n) is 5.63. The molecule has 3 rings (SSSR count). The van der Waals surface area contributed by atoms with Crippen molar-refractivity contribution in [3.63, 3.8) is 0 Å². The molecule has 0 aliphatic carbocycles. The Morgan fingerprint density at radius 3 is 2.89 bits per heavy atom. The molecule has 0 radical (unpaired) electrons. The van der Waals surface area contributed by atoms with Crippen LogP contribution in [0.25, 0.3) is 11.3 Å². The van der Waals surface area contributed by atoms with Crippen LogP contribution in [0.4, 0.5) is 4.39 Å². The van der Waals surface area contributed by atoms with Crippen LogP contribution in [0, 0.1) is 17.1 Å². The van der Waals surface area contributed by atoms with Crippen LogP contribution < -0.4 is 5.32 Å². The molecule has 136 valence electrons. The third kappa shape index (κ3) is 4.12. The van der Waals surface area contributed by atoms with Crippen LogP contribution >= 0.6 is 0 Å². The molecule has 0 spiro atoms. The molecule has 2 aromatic heterocycles. The van der Waals surface area contributed by atoms with Gasteiger partial charge >= 0.3 is 0 Å². The van der Waals surface area contributed by atoms with Crippen molar-refractivity contribution in [2.75, 3.05) is 6.54 Å². The number of rotatable bonds is 6. The summed E-state index contributed by atoms with van der Waals surface area (Å²) in [6.07, 6.45) is 4.92. The lowest BCUT2D eigenvalue weighted by atomic mass is 10.1. The van der Waals surface area contributed by atoms with Crippen molar-refractivity contribution in [2.45, 2.75) is 19.9 Å². The quantitative estimate of drug-likeness (QED) is 0.712. The summed E-state index contributed by atoms with van der Waals surface area (Å²) in [6.45, 7) is 3.04. The highest BCUT2D eigenvalue weighted by atomic mass is 19.1. The van der Waals surface area contributed by atoms with Crippen molar-refractivity contribution >= 4 is 5.91 Å². The van der Waals surface area contributed by atoms with E-state index in [0.29, 0.717) is 18.5 Å². The van der Waals surface area contributed by atoms with Crippen molar-refractivity contribution in [2.24, 2.45) is 0 Å². The van der Waals surface area contributed by atoms with Crippen LogP contribution in [0.2, 0.25) is 0 Å². The third-order valence-electron chi connectivity index (χ3n) is 3.91. The maximum Gasteiger partial charge on any atom is 0.251 e. The molecule has 3 aromatic rings. The summed E-state index contributed by atoms with van der Waals surface area (Å²) in [5, 5.41) is 19.7. The van der Waals surface area contributed by atoms with Gasteiger partial charge in [0, 0.05) is 43.0 Å². The SMILES string of the molecule is CCn1cnnc1CCNC(=O)c1cc(F)cc(-c2nccnc2C#N)c1. The first-order chi connectivity index (χ1) is 13.1. The zero-order valence-corrected chi connectivity index (χ0v) is 14.6. The Morgan fingerprint density at radius 2 is 2.11 bits per heavy atom. The fraction of sp³-hybridized carbons (Fsp3) is 0.222. The molecule has 0 bridgehead atoms. The Labute approximate surface area is 154 Å². The minimum Gasteiger partial charge on any atom is -0.352 e. The highest BCUT2D eigenvalue weighted by Crippen LogP contribution is 2.22. The number of hydrogen-bond acceptors (Lipinski definition) is 6. The largest absolute Gasteiger partial charge is 0.352 e. The van der Waals surface area contributed by atoms with Gasteiger partial charge in [-0.1, -0.05) is 0 Å². The number of nitrogens with one attached hydrogen (secondary N) is 1. The van der Waals surface area contributed by atoms with E-state index in [9.17, 15) is 9.18 Å². The molecule has 1 aromatic carbocycles. The monoisotopic (exact) mass is 365 g/mol. The molecule has 0 aliphatic rings. The minimum atomic E-state index is -0.599. The molecule has 2 heterocycles. The summed E-state index contributed by atoms with van der Waals surface area (Å²) in [6, 6.07) is 5.74. The first-order valence-corrected chi connectivity index (χ1v) is 8.29. The van der Waals surface area contributed by atoms with Gasteiger partial charge in [-0.05, 0) is 25.1 Å². The van der Waals surface area contributed by atoms with E-state index in [1.54, 1.807) is 6.33 Å². The molecule has 1 amide bonds. The standard InChI is InChI=1S/C18H16FN7O/c1-2-26-11-24-25-16(26)3-4-23-18(27)13-7-12(8-14(19)9-13)17-15(10-20)21-5-6-22-17/h5-9,11H,2-4H2,1H3,(H,23,27). The predicted octanol–water partition coefficient (Wildman–Crippen LogP) is 1.74. The summed E-state index contributed by atoms with van der Waals surface area (Å²) in [5.74, 6) is -0.269. The van der Waals surface area contributed by atoms with Crippen molar-refractivity contribution < 1.29 is 9.18 Å². The normalized spacial score (nSPS) is 10.4. The number of halogens is 1. The average molecular weight is 365 g/mol. The van der Waals surface area contributed by atoms with Crippen LogP contribution in [-0.2, 0) is 13.0 Å². The fourth-order valence-electron chi connectivity index (χ4n) is 2.62. The number of aromatic nitrogens is 5. The lowest BCUT2D eigenvalue weighted by Gasteiger charge is -2.08. The van der Waals surface area contributed by atoms with E-state index in [4.69, 9.17) is 5.26 Å². The van der Waals surface area contributed by atoms with Crippen LogP contribution in [-0.4, -0.2) is 37.2 Å². The molecule has 8 nitrogen and oxygen atoms in total. The van der Waals surface area contributed by atoms with E-state index in [1.165, 1.54) is 24.5 Å². The lowest BCUT2D eigenvalue weighted by Crippen LogP contribution is -2.26. The van der Waals surface area contributed by atoms with Gasteiger partial charge in [0.15, 0.2) is 5.69 Å². The van der Waals surface area contributed by atoms with E-state index in [-0.39, 0.29) is 17.0 Å². The fourth-order valence-corrected chi connectivity index (χ4v) is 2.62. The van der Waals surface area contributed by atoms with Gasteiger partial charge in [0.05, 0.1) is 0 Å². The van der Waals surface area contributed by atoms with E-state index < -0.39 is 11.7 Å². The van der Waals surface area contributed by atoms with Gasteiger partial charge < -0.3 is 9.88 Å². The van der Waals surface area contributed by atoms with E-state index in [1.807, 2.05) is 17.6 Å². The van der Waals surface area contributed by atoms with Gasteiger partial charge in [0.1, 0.15) is 29.7 Å². The number of amides is 1. The zero-order valence-electron chi connectivity index (χ0n) is 14.6. The van der Waals surface area contributed by atoms with Crippen LogP contribution in [0.1, 0.15) is 28.8 Å². The van der Waals surface area contributed by atoms with Crippen molar-refractivity contribution in [3.05, 3.63) is 59.8 Å².